The van der Waals surface area contributed by atoms with Crippen LogP contribution in [-0.2, 0) is 9.36 Å². The number of allylic oxidation sites excluding steroid dienone is 1. The van der Waals surface area contributed by atoms with Crippen molar-refractivity contribution in [1.82, 2.24) is 9.97 Å². The molecule has 2 heterocycles. The highest BCUT2D eigenvalue weighted by Crippen LogP contribution is 2.32. The molecule has 2 rings (SSSR count). The molecule has 0 N–H and O–H groups in total. The predicted molar refractivity (Wildman–Crippen MR) is 61.8 cm³/mol. The van der Waals surface area contributed by atoms with Gasteiger partial charge in [-0.3, -0.25) is 9.69 Å². The molecule has 16 heavy (non-hydrogen) atoms. The molecule has 0 spiro atoms. The molecule has 0 amide bonds. The Balaban J connectivity index is 2.41. The summed E-state index contributed by atoms with van der Waals surface area (Å²) in [6.07, 6.45) is 3.60. The van der Waals surface area contributed by atoms with Gasteiger partial charge in [-0.2, -0.15) is 0 Å². The van der Waals surface area contributed by atoms with E-state index in [0.29, 0.717) is 6.29 Å². The van der Waals surface area contributed by atoms with E-state index < -0.39 is 7.80 Å². The quantitative estimate of drug-likeness (QED) is 0.460. The van der Waals surface area contributed by atoms with E-state index in [4.69, 9.17) is 11.6 Å². The van der Waals surface area contributed by atoms with Crippen LogP contribution < -0.4 is 4.90 Å². The lowest BCUT2D eigenvalue weighted by Gasteiger charge is -2.19. The van der Waals surface area contributed by atoms with Crippen molar-refractivity contribution in [1.29, 1.82) is 0 Å². The topological polar surface area (TPSA) is 63.2 Å². The highest BCUT2D eigenvalue weighted by molar-refractivity contribution is 7.51. The number of rotatable bonds is 2. The molecule has 1 aliphatic heterocycles. The van der Waals surface area contributed by atoms with Crippen molar-refractivity contribution >= 4 is 31.6 Å². The summed E-state index contributed by atoms with van der Waals surface area (Å²) in [6, 6.07) is 1.53. The Morgan fingerprint density at radius 1 is 1.50 bits per heavy atom. The van der Waals surface area contributed by atoms with Crippen LogP contribution in [0.15, 0.2) is 35.8 Å². The summed E-state index contributed by atoms with van der Waals surface area (Å²) in [5.41, 5.74) is 0.258. The minimum absolute atomic E-state index is 0.258. The van der Waals surface area contributed by atoms with Crippen molar-refractivity contribution in [3.8, 4) is 0 Å². The smallest absolute Gasteiger partial charge is 0.235 e. The van der Waals surface area contributed by atoms with Crippen LogP contribution in [0.3, 0.4) is 0 Å². The van der Waals surface area contributed by atoms with Crippen LogP contribution in [0.25, 0.3) is 0 Å². The normalized spacial score (nSPS) is 19.4. The van der Waals surface area contributed by atoms with Gasteiger partial charge in [-0.25, -0.2) is 9.97 Å². The summed E-state index contributed by atoms with van der Waals surface area (Å²) in [5.74, 6) is 3.17. The second-order valence-corrected chi connectivity index (χ2v) is 4.77. The lowest BCUT2D eigenvalue weighted by atomic mass is 10.4. The lowest BCUT2D eigenvalue weighted by Crippen LogP contribution is -2.19. The average Bonchev–Trinajstić information content (AvgIpc) is 2.28. The molecular weight excluding hydrogens is 249 g/mol. The number of anilines is 1. The molecule has 0 fully saturated rings. The first-order chi connectivity index (χ1) is 7.70. The molecule has 1 aromatic rings. The van der Waals surface area contributed by atoms with Crippen molar-refractivity contribution in [2.75, 3.05) is 4.90 Å². The summed E-state index contributed by atoms with van der Waals surface area (Å²) < 4.78 is 11.2. The summed E-state index contributed by atoms with van der Waals surface area (Å²) >= 11 is 5.72. The maximum absolute atomic E-state index is 11.2. The SMILES string of the molecule is O=CC1=C[PH](=O)C=CN1c1nccc(Cl)n1. The van der Waals surface area contributed by atoms with E-state index in [1.807, 2.05) is 0 Å². The van der Waals surface area contributed by atoms with Gasteiger partial charge in [0.1, 0.15) is 13.0 Å². The zero-order valence-electron chi connectivity index (χ0n) is 8.00. The number of hydrogen-bond acceptors (Lipinski definition) is 5. The van der Waals surface area contributed by atoms with Gasteiger partial charge < -0.3 is 4.57 Å². The molecule has 0 radical (unpaired) electrons. The second-order valence-electron chi connectivity index (χ2n) is 2.95. The largest absolute Gasteiger partial charge is 0.318 e. The third-order valence-electron chi connectivity index (χ3n) is 1.90. The zero-order valence-corrected chi connectivity index (χ0v) is 9.76. The fraction of sp³-hybridized carbons (Fsp3) is 0. The van der Waals surface area contributed by atoms with Crippen molar-refractivity contribution in [2.24, 2.45) is 0 Å². The number of nitrogens with zero attached hydrogens (tertiary/aromatic N) is 3. The molecule has 82 valence electrons. The minimum Gasteiger partial charge on any atom is -0.318 e. The maximum atomic E-state index is 11.2. The first-order valence-electron chi connectivity index (χ1n) is 4.37. The van der Waals surface area contributed by atoms with Crippen molar-refractivity contribution in [3.63, 3.8) is 0 Å². The van der Waals surface area contributed by atoms with E-state index in [1.54, 1.807) is 0 Å². The number of aromatic nitrogens is 2. The number of hydrogen-bond donors (Lipinski definition) is 0. The fourth-order valence-corrected chi connectivity index (χ4v) is 2.24. The fourth-order valence-electron chi connectivity index (χ4n) is 1.21. The van der Waals surface area contributed by atoms with Crippen molar-refractivity contribution < 1.29 is 9.36 Å². The summed E-state index contributed by atoms with van der Waals surface area (Å²) in [7, 11) is -1.96. The van der Waals surface area contributed by atoms with Crippen molar-refractivity contribution in [2.45, 2.75) is 0 Å². The lowest BCUT2D eigenvalue weighted by molar-refractivity contribution is -0.104. The molecule has 1 aromatic heterocycles. The standard InChI is InChI=1S/C9H7ClN3O2P/c10-8-1-2-11-9(12-8)13-3-4-16(15)6-7(13)5-14/h1-6,16H. The summed E-state index contributed by atoms with van der Waals surface area (Å²) in [4.78, 5) is 20.2. The molecule has 0 saturated carbocycles. The van der Waals surface area contributed by atoms with Crippen LogP contribution in [0.4, 0.5) is 5.95 Å². The molecule has 1 unspecified atom stereocenters. The molecular formula is C9H7ClN3O2P. The molecule has 0 aliphatic carbocycles. The van der Waals surface area contributed by atoms with E-state index in [0.717, 1.165) is 0 Å². The Labute approximate surface area is 97.2 Å². The number of aldehydes is 1. The molecule has 0 bridgehead atoms. The van der Waals surface area contributed by atoms with E-state index in [2.05, 4.69) is 9.97 Å². The van der Waals surface area contributed by atoms with Crippen molar-refractivity contribution in [3.05, 3.63) is 40.9 Å². The minimum atomic E-state index is -1.96. The second kappa shape index (κ2) is 4.60. The Kier molecular flexibility index (Phi) is 3.17. The van der Waals surface area contributed by atoms with E-state index in [-0.39, 0.29) is 16.8 Å². The third kappa shape index (κ3) is 2.21. The van der Waals surface area contributed by atoms with Crippen LogP contribution >= 0.6 is 19.4 Å². The molecule has 0 aromatic carbocycles. The van der Waals surface area contributed by atoms with Crippen LogP contribution in [0, 0.1) is 0 Å². The zero-order chi connectivity index (χ0) is 11.5. The Morgan fingerprint density at radius 3 is 3.00 bits per heavy atom. The van der Waals surface area contributed by atoms with E-state index in [1.165, 1.54) is 35.0 Å². The van der Waals surface area contributed by atoms with Gasteiger partial charge in [0.05, 0.1) is 5.70 Å². The molecule has 7 heteroatoms. The first kappa shape index (κ1) is 11.0. The number of carbonyl (C=O) groups is 1. The highest BCUT2D eigenvalue weighted by Gasteiger charge is 2.16. The monoisotopic (exact) mass is 255 g/mol. The van der Waals surface area contributed by atoms with Gasteiger partial charge in [0, 0.05) is 18.2 Å². The predicted octanol–water partition coefficient (Wildman–Crippen LogP) is 2.02. The van der Waals surface area contributed by atoms with Gasteiger partial charge in [0.15, 0.2) is 6.29 Å². The van der Waals surface area contributed by atoms with Gasteiger partial charge in [-0.15, -0.1) is 0 Å². The molecule has 1 atom stereocenters. The van der Waals surface area contributed by atoms with Gasteiger partial charge in [0.2, 0.25) is 5.95 Å². The maximum Gasteiger partial charge on any atom is 0.235 e. The molecule has 1 aliphatic rings. The molecule has 5 nitrogen and oxygen atoms in total. The summed E-state index contributed by atoms with van der Waals surface area (Å²) in [6.45, 7) is 0. The Hall–Kier alpha value is -1.45. The Bertz CT molecular complexity index is 515. The van der Waals surface area contributed by atoms with Gasteiger partial charge in [0.25, 0.3) is 0 Å². The summed E-state index contributed by atoms with van der Waals surface area (Å²) in [5, 5.41) is 0.280. The van der Waals surface area contributed by atoms with Crippen LogP contribution in [0.1, 0.15) is 0 Å². The number of carbonyl (C=O) groups excluding carboxylic acids is 1. The third-order valence-corrected chi connectivity index (χ3v) is 3.17. The van der Waals surface area contributed by atoms with Gasteiger partial charge >= 0.3 is 0 Å². The van der Waals surface area contributed by atoms with Gasteiger partial charge in [-0.1, -0.05) is 11.6 Å². The average molecular weight is 256 g/mol. The van der Waals surface area contributed by atoms with Crippen LogP contribution in [-0.4, -0.2) is 16.3 Å². The Morgan fingerprint density at radius 2 is 2.31 bits per heavy atom. The van der Waals surface area contributed by atoms with E-state index in [9.17, 15) is 9.36 Å². The van der Waals surface area contributed by atoms with Crippen LogP contribution in [0.5, 0.6) is 0 Å². The van der Waals surface area contributed by atoms with Crippen LogP contribution in [0.2, 0.25) is 5.15 Å². The highest BCUT2D eigenvalue weighted by atomic mass is 35.5. The first-order valence-corrected chi connectivity index (χ1v) is 6.31. The van der Waals surface area contributed by atoms with Gasteiger partial charge in [-0.05, 0) is 11.9 Å². The number of halogens is 1. The molecule has 0 saturated heterocycles. The van der Waals surface area contributed by atoms with E-state index >= 15 is 0 Å².